The highest BCUT2D eigenvalue weighted by Crippen LogP contribution is 2.32. The number of pyridine rings is 1. The van der Waals surface area contributed by atoms with E-state index in [-0.39, 0.29) is 11.2 Å². The summed E-state index contributed by atoms with van der Waals surface area (Å²) < 4.78 is 2.05. The number of aromatic nitrogens is 4. The first kappa shape index (κ1) is 20.3. The third kappa shape index (κ3) is 4.33. The van der Waals surface area contributed by atoms with Gasteiger partial charge in [-0.1, -0.05) is 64.6 Å². The van der Waals surface area contributed by atoms with Crippen LogP contribution in [0.25, 0.3) is 17.1 Å². The van der Waals surface area contributed by atoms with E-state index in [0.29, 0.717) is 16.8 Å². The number of hydrogen-bond donors (Lipinski definition) is 0. The summed E-state index contributed by atoms with van der Waals surface area (Å²) in [5.41, 5.74) is 2.76. The molecule has 2 heterocycles. The monoisotopic (exact) mass is 394 g/mol. The molecule has 0 saturated heterocycles. The van der Waals surface area contributed by atoms with Crippen LogP contribution in [-0.2, 0) is 4.79 Å². The maximum atomic E-state index is 12.4. The molecule has 0 atom stereocenters. The van der Waals surface area contributed by atoms with Crippen molar-refractivity contribution >= 4 is 17.5 Å². The zero-order valence-corrected chi connectivity index (χ0v) is 17.8. The summed E-state index contributed by atoms with van der Waals surface area (Å²) in [4.78, 5) is 16.7. The van der Waals surface area contributed by atoms with Gasteiger partial charge in [0.25, 0.3) is 0 Å². The second-order valence-corrected chi connectivity index (χ2v) is 9.00. The maximum Gasteiger partial charge on any atom is 0.196 e. The fourth-order valence-corrected chi connectivity index (χ4v) is 3.89. The summed E-state index contributed by atoms with van der Waals surface area (Å²) >= 11 is 1.43. The Morgan fingerprint density at radius 1 is 1.11 bits per heavy atom. The molecule has 0 aliphatic heterocycles. The van der Waals surface area contributed by atoms with Gasteiger partial charge in [0.2, 0.25) is 0 Å². The van der Waals surface area contributed by atoms with Crippen molar-refractivity contribution in [1.82, 2.24) is 19.7 Å². The molecule has 0 bridgehead atoms. The number of carbonyl (C=O) groups excluding carboxylic acids is 1. The highest BCUT2D eigenvalue weighted by atomic mass is 32.2. The lowest BCUT2D eigenvalue weighted by molar-refractivity contribution is -0.123. The van der Waals surface area contributed by atoms with E-state index in [1.54, 1.807) is 12.4 Å². The van der Waals surface area contributed by atoms with Crippen LogP contribution in [0.2, 0.25) is 0 Å². The Morgan fingerprint density at radius 2 is 1.86 bits per heavy atom. The largest absolute Gasteiger partial charge is 0.298 e. The average molecular weight is 395 g/mol. The van der Waals surface area contributed by atoms with Gasteiger partial charge < -0.3 is 0 Å². The molecule has 1 aromatic carbocycles. The third-order valence-electron chi connectivity index (χ3n) is 4.52. The summed E-state index contributed by atoms with van der Waals surface area (Å²) in [6.07, 6.45) is 3.52. The molecule has 0 fully saturated rings. The fraction of sp³-hybridized carbons (Fsp3) is 0.364. The Bertz CT molecular complexity index is 958. The van der Waals surface area contributed by atoms with Crippen LogP contribution in [0.4, 0.5) is 0 Å². The van der Waals surface area contributed by atoms with Gasteiger partial charge in [-0.2, -0.15) is 0 Å². The van der Waals surface area contributed by atoms with Crippen LogP contribution < -0.4 is 0 Å². The fourth-order valence-electron chi connectivity index (χ4n) is 2.79. The topological polar surface area (TPSA) is 60.7 Å². The first-order chi connectivity index (χ1) is 13.3. The van der Waals surface area contributed by atoms with E-state index in [1.165, 1.54) is 17.3 Å². The number of carbonyl (C=O) groups is 1. The highest BCUT2D eigenvalue weighted by Gasteiger charge is 2.24. The number of rotatable bonds is 6. The van der Waals surface area contributed by atoms with Crippen LogP contribution in [0.5, 0.6) is 0 Å². The molecule has 5 nitrogen and oxygen atoms in total. The minimum atomic E-state index is -0.375. The van der Waals surface area contributed by atoms with Crippen LogP contribution in [0.1, 0.15) is 46.1 Å². The number of benzene rings is 1. The van der Waals surface area contributed by atoms with E-state index in [4.69, 9.17) is 0 Å². The Kier molecular flexibility index (Phi) is 5.98. The van der Waals surface area contributed by atoms with Gasteiger partial charge in [0, 0.05) is 23.4 Å². The molecular weight excluding hydrogens is 368 g/mol. The van der Waals surface area contributed by atoms with E-state index >= 15 is 0 Å². The molecule has 0 N–H and O–H groups in total. The van der Waals surface area contributed by atoms with Crippen LogP contribution >= 0.6 is 11.8 Å². The molecule has 0 radical (unpaired) electrons. The number of Topliss-reactive ketones (excluding diaryl/α,β-unsaturated/α-hetero) is 1. The molecule has 2 aromatic heterocycles. The predicted octanol–water partition coefficient (Wildman–Crippen LogP) is 5.16. The Balaban J connectivity index is 2.10. The number of para-hydroxylation sites is 1. The summed E-state index contributed by atoms with van der Waals surface area (Å²) in [5.74, 6) is 1.62. The van der Waals surface area contributed by atoms with Gasteiger partial charge in [0.15, 0.2) is 11.0 Å². The highest BCUT2D eigenvalue weighted by molar-refractivity contribution is 7.99. The quantitative estimate of drug-likeness (QED) is 0.540. The molecule has 0 amide bonds. The van der Waals surface area contributed by atoms with Gasteiger partial charge in [-0.15, -0.1) is 10.2 Å². The average Bonchev–Trinajstić information content (AvgIpc) is 3.09. The van der Waals surface area contributed by atoms with Gasteiger partial charge >= 0.3 is 0 Å². The second-order valence-electron chi connectivity index (χ2n) is 8.06. The van der Waals surface area contributed by atoms with Crippen molar-refractivity contribution in [3.8, 4) is 17.1 Å². The van der Waals surface area contributed by atoms with Gasteiger partial charge in [0.05, 0.1) is 11.4 Å². The maximum absolute atomic E-state index is 12.4. The molecule has 0 aliphatic carbocycles. The van der Waals surface area contributed by atoms with E-state index in [1.807, 2.05) is 49.6 Å². The minimum absolute atomic E-state index is 0.187. The third-order valence-corrected chi connectivity index (χ3v) is 5.45. The summed E-state index contributed by atoms with van der Waals surface area (Å²) in [6, 6.07) is 12.1. The van der Waals surface area contributed by atoms with E-state index in [9.17, 15) is 4.79 Å². The molecule has 146 valence electrons. The van der Waals surface area contributed by atoms with Crippen molar-refractivity contribution in [2.45, 2.75) is 45.7 Å². The van der Waals surface area contributed by atoms with E-state index in [2.05, 4.69) is 41.2 Å². The lowest BCUT2D eigenvalue weighted by Crippen LogP contribution is -2.22. The molecule has 3 rings (SSSR count). The minimum Gasteiger partial charge on any atom is -0.298 e. The zero-order chi connectivity index (χ0) is 20.3. The summed E-state index contributed by atoms with van der Waals surface area (Å²) in [6.45, 7) is 10.2. The van der Waals surface area contributed by atoms with Crippen LogP contribution in [0.15, 0.2) is 53.9 Å². The lowest BCUT2D eigenvalue weighted by Gasteiger charge is -2.18. The van der Waals surface area contributed by atoms with Gasteiger partial charge in [0.1, 0.15) is 5.78 Å². The zero-order valence-electron chi connectivity index (χ0n) is 17.0. The Hall–Kier alpha value is -2.47. The van der Waals surface area contributed by atoms with Gasteiger partial charge in [-0.05, 0) is 29.7 Å². The smallest absolute Gasteiger partial charge is 0.196 e. The van der Waals surface area contributed by atoms with E-state index < -0.39 is 0 Å². The lowest BCUT2D eigenvalue weighted by atomic mass is 9.92. The van der Waals surface area contributed by atoms with Crippen LogP contribution in [0, 0.1) is 5.41 Å². The van der Waals surface area contributed by atoms with Crippen LogP contribution in [-0.4, -0.2) is 31.3 Å². The predicted molar refractivity (Wildman–Crippen MR) is 114 cm³/mol. The number of thioether (sulfide) groups is 1. The van der Waals surface area contributed by atoms with Crippen molar-refractivity contribution in [1.29, 1.82) is 0 Å². The Labute approximate surface area is 170 Å². The summed E-state index contributed by atoms with van der Waals surface area (Å²) in [5, 5.41) is 9.58. The van der Waals surface area contributed by atoms with E-state index in [0.717, 1.165) is 17.1 Å². The number of hydrogen-bond acceptors (Lipinski definition) is 5. The molecule has 0 aliphatic rings. The first-order valence-electron chi connectivity index (χ1n) is 9.40. The van der Waals surface area contributed by atoms with Crippen molar-refractivity contribution in [2.75, 3.05) is 5.75 Å². The normalized spacial score (nSPS) is 11.8. The van der Waals surface area contributed by atoms with Crippen LogP contribution in [0.3, 0.4) is 0 Å². The van der Waals surface area contributed by atoms with Gasteiger partial charge in [-0.25, -0.2) is 0 Å². The number of nitrogens with zero attached hydrogens (tertiary/aromatic N) is 4. The standard InChI is InChI=1S/C22H26N4OS/c1-15(2)17-10-6-7-11-18(17)26-20(16-9-8-12-23-13-16)24-25-21(26)28-14-19(27)22(3,4)5/h6-13,15H,14H2,1-5H3. The van der Waals surface area contributed by atoms with Crippen molar-refractivity contribution < 1.29 is 4.79 Å². The molecule has 0 saturated carbocycles. The molecular formula is C22H26N4OS. The second kappa shape index (κ2) is 8.27. The first-order valence-corrected chi connectivity index (χ1v) is 10.4. The molecule has 3 aromatic rings. The molecule has 28 heavy (non-hydrogen) atoms. The SMILES string of the molecule is CC(C)c1ccccc1-n1c(SCC(=O)C(C)(C)C)nnc1-c1cccnc1. The molecule has 0 unspecified atom stereocenters. The van der Waals surface area contributed by atoms with Gasteiger partial charge in [-0.3, -0.25) is 14.3 Å². The molecule has 6 heteroatoms. The Morgan fingerprint density at radius 3 is 2.50 bits per heavy atom. The summed E-state index contributed by atoms with van der Waals surface area (Å²) in [7, 11) is 0. The van der Waals surface area contributed by atoms with Crippen molar-refractivity contribution in [3.63, 3.8) is 0 Å². The molecule has 0 spiro atoms. The van der Waals surface area contributed by atoms with Crippen molar-refractivity contribution in [2.24, 2.45) is 5.41 Å². The van der Waals surface area contributed by atoms with Crippen molar-refractivity contribution in [3.05, 3.63) is 54.4 Å². The number of ketones is 1.